The summed E-state index contributed by atoms with van der Waals surface area (Å²) in [6.45, 7) is 2.18. The van der Waals surface area contributed by atoms with Crippen LogP contribution in [-0.2, 0) is 9.53 Å². The standard InChI is InChI=1S/C17H18O3/c1-3-20-17(18)16(13-8-5-4-6-9-13)14-10-7-11-15(12-14)19-2/h4-12,16H,3H2,1-2H3/t16-/m1/s1. The van der Waals surface area contributed by atoms with Crippen LogP contribution in [0.3, 0.4) is 0 Å². The second-order valence-electron chi connectivity index (χ2n) is 4.37. The molecule has 0 spiro atoms. The van der Waals surface area contributed by atoms with E-state index in [0.717, 1.165) is 16.9 Å². The van der Waals surface area contributed by atoms with Crippen LogP contribution in [0.1, 0.15) is 24.0 Å². The molecule has 0 aliphatic carbocycles. The first-order valence-corrected chi connectivity index (χ1v) is 6.61. The van der Waals surface area contributed by atoms with Gasteiger partial charge in [0.2, 0.25) is 0 Å². The van der Waals surface area contributed by atoms with E-state index in [9.17, 15) is 4.79 Å². The summed E-state index contributed by atoms with van der Waals surface area (Å²) in [5.74, 6) is 0.0610. The predicted octanol–water partition coefficient (Wildman–Crippen LogP) is 3.39. The minimum absolute atomic E-state index is 0.244. The Kier molecular flexibility index (Phi) is 4.77. The monoisotopic (exact) mass is 270 g/mol. The number of esters is 1. The molecular weight excluding hydrogens is 252 g/mol. The Bertz CT molecular complexity index is 563. The van der Waals surface area contributed by atoms with Crippen LogP contribution in [0.4, 0.5) is 0 Å². The minimum Gasteiger partial charge on any atom is -0.497 e. The van der Waals surface area contributed by atoms with Crippen molar-refractivity contribution < 1.29 is 14.3 Å². The van der Waals surface area contributed by atoms with Gasteiger partial charge in [0, 0.05) is 0 Å². The molecule has 1 atom stereocenters. The highest BCUT2D eigenvalue weighted by Crippen LogP contribution is 2.28. The Hall–Kier alpha value is -2.29. The molecule has 0 unspecified atom stereocenters. The van der Waals surface area contributed by atoms with Gasteiger partial charge >= 0.3 is 5.97 Å². The second kappa shape index (κ2) is 6.75. The zero-order chi connectivity index (χ0) is 14.4. The number of carbonyl (C=O) groups excluding carboxylic acids is 1. The van der Waals surface area contributed by atoms with Crippen LogP contribution in [0.5, 0.6) is 5.75 Å². The molecule has 3 nitrogen and oxygen atoms in total. The van der Waals surface area contributed by atoms with Gasteiger partial charge in [-0.25, -0.2) is 0 Å². The van der Waals surface area contributed by atoms with E-state index in [-0.39, 0.29) is 5.97 Å². The van der Waals surface area contributed by atoms with Gasteiger partial charge in [-0.3, -0.25) is 4.79 Å². The van der Waals surface area contributed by atoms with Gasteiger partial charge < -0.3 is 9.47 Å². The number of hydrogen-bond donors (Lipinski definition) is 0. The second-order valence-corrected chi connectivity index (χ2v) is 4.37. The van der Waals surface area contributed by atoms with E-state index in [1.54, 1.807) is 7.11 Å². The Balaban J connectivity index is 2.43. The van der Waals surface area contributed by atoms with Crippen molar-refractivity contribution in [2.24, 2.45) is 0 Å². The van der Waals surface area contributed by atoms with E-state index in [4.69, 9.17) is 9.47 Å². The van der Waals surface area contributed by atoms with Gasteiger partial charge in [-0.15, -0.1) is 0 Å². The number of rotatable bonds is 5. The van der Waals surface area contributed by atoms with Gasteiger partial charge in [-0.1, -0.05) is 42.5 Å². The summed E-state index contributed by atoms with van der Waals surface area (Å²) in [6.07, 6.45) is 0. The Morgan fingerprint density at radius 3 is 2.40 bits per heavy atom. The summed E-state index contributed by atoms with van der Waals surface area (Å²) >= 11 is 0. The van der Waals surface area contributed by atoms with Gasteiger partial charge in [-0.2, -0.15) is 0 Å². The Morgan fingerprint density at radius 1 is 1.05 bits per heavy atom. The van der Waals surface area contributed by atoms with Crippen molar-refractivity contribution in [3.05, 3.63) is 65.7 Å². The number of ether oxygens (including phenoxy) is 2. The lowest BCUT2D eigenvalue weighted by atomic mass is 9.91. The molecule has 2 aromatic carbocycles. The highest BCUT2D eigenvalue weighted by molar-refractivity contribution is 5.82. The van der Waals surface area contributed by atoms with Crippen LogP contribution >= 0.6 is 0 Å². The van der Waals surface area contributed by atoms with Gasteiger partial charge in [-0.05, 0) is 30.2 Å². The van der Waals surface area contributed by atoms with Gasteiger partial charge in [0.05, 0.1) is 13.7 Å². The average molecular weight is 270 g/mol. The normalized spacial score (nSPS) is 11.7. The fraction of sp³-hybridized carbons (Fsp3) is 0.235. The van der Waals surface area contributed by atoms with E-state index < -0.39 is 5.92 Å². The van der Waals surface area contributed by atoms with E-state index >= 15 is 0 Å². The molecule has 0 heterocycles. The topological polar surface area (TPSA) is 35.5 Å². The largest absolute Gasteiger partial charge is 0.497 e. The molecule has 20 heavy (non-hydrogen) atoms. The third kappa shape index (κ3) is 3.18. The predicted molar refractivity (Wildman–Crippen MR) is 77.9 cm³/mol. The third-order valence-electron chi connectivity index (χ3n) is 3.08. The summed E-state index contributed by atoms with van der Waals surface area (Å²) in [5.41, 5.74) is 1.79. The molecule has 0 bridgehead atoms. The molecule has 3 heteroatoms. The highest BCUT2D eigenvalue weighted by atomic mass is 16.5. The number of carbonyl (C=O) groups is 1. The van der Waals surface area contributed by atoms with Crippen LogP contribution in [0.15, 0.2) is 54.6 Å². The van der Waals surface area contributed by atoms with Crippen LogP contribution in [0.2, 0.25) is 0 Å². The zero-order valence-corrected chi connectivity index (χ0v) is 11.7. The van der Waals surface area contributed by atoms with Crippen molar-refractivity contribution in [3.63, 3.8) is 0 Å². The van der Waals surface area contributed by atoms with E-state index in [1.807, 2.05) is 61.5 Å². The lowest BCUT2D eigenvalue weighted by Crippen LogP contribution is -2.17. The lowest BCUT2D eigenvalue weighted by molar-refractivity contribution is -0.143. The molecule has 0 saturated heterocycles. The fourth-order valence-electron chi connectivity index (χ4n) is 2.16. The molecule has 0 saturated carbocycles. The third-order valence-corrected chi connectivity index (χ3v) is 3.08. The summed E-state index contributed by atoms with van der Waals surface area (Å²) in [5, 5.41) is 0. The average Bonchev–Trinajstić information content (AvgIpc) is 2.49. The van der Waals surface area contributed by atoms with Crippen molar-refractivity contribution in [3.8, 4) is 5.75 Å². The van der Waals surface area contributed by atoms with Gasteiger partial charge in [0.1, 0.15) is 11.7 Å². The lowest BCUT2D eigenvalue weighted by Gasteiger charge is -2.17. The summed E-state index contributed by atoms with van der Waals surface area (Å²) < 4.78 is 10.4. The van der Waals surface area contributed by atoms with Crippen molar-refractivity contribution >= 4 is 5.97 Å². The molecule has 104 valence electrons. The molecule has 0 fully saturated rings. The van der Waals surface area contributed by atoms with Gasteiger partial charge in [0.25, 0.3) is 0 Å². The van der Waals surface area contributed by atoms with E-state index in [1.165, 1.54) is 0 Å². The first kappa shape index (κ1) is 14.1. The molecule has 2 rings (SSSR count). The SMILES string of the molecule is CCOC(=O)[C@H](c1ccccc1)c1cccc(OC)c1. The maximum Gasteiger partial charge on any atom is 0.317 e. The zero-order valence-electron chi connectivity index (χ0n) is 11.7. The quantitative estimate of drug-likeness (QED) is 0.781. The first-order valence-electron chi connectivity index (χ1n) is 6.61. The molecule has 0 aliphatic rings. The Morgan fingerprint density at radius 2 is 1.75 bits per heavy atom. The van der Waals surface area contributed by atoms with E-state index in [2.05, 4.69) is 0 Å². The number of methoxy groups -OCH3 is 1. The maximum absolute atomic E-state index is 12.3. The summed E-state index contributed by atoms with van der Waals surface area (Å²) in [6, 6.07) is 17.1. The van der Waals surface area contributed by atoms with Crippen molar-refractivity contribution in [1.82, 2.24) is 0 Å². The molecule has 0 aliphatic heterocycles. The van der Waals surface area contributed by atoms with E-state index in [0.29, 0.717) is 6.61 Å². The van der Waals surface area contributed by atoms with Crippen LogP contribution in [0.25, 0.3) is 0 Å². The van der Waals surface area contributed by atoms with Crippen LogP contribution < -0.4 is 4.74 Å². The summed E-state index contributed by atoms with van der Waals surface area (Å²) in [7, 11) is 1.61. The molecule has 2 aromatic rings. The molecule has 0 radical (unpaired) electrons. The molecule has 0 N–H and O–H groups in total. The number of benzene rings is 2. The van der Waals surface area contributed by atoms with Crippen LogP contribution in [0, 0.1) is 0 Å². The Labute approximate surface area is 119 Å². The smallest absolute Gasteiger partial charge is 0.317 e. The fourth-order valence-corrected chi connectivity index (χ4v) is 2.16. The summed E-state index contributed by atoms with van der Waals surface area (Å²) in [4.78, 5) is 12.3. The van der Waals surface area contributed by atoms with Gasteiger partial charge in [0.15, 0.2) is 0 Å². The van der Waals surface area contributed by atoms with Crippen molar-refractivity contribution in [2.45, 2.75) is 12.8 Å². The first-order chi connectivity index (χ1) is 9.76. The molecule has 0 amide bonds. The van der Waals surface area contributed by atoms with Crippen molar-refractivity contribution in [1.29, 1.82) is 0 Å². The van der Waals surface area contributed by atoms with Crippen molar-refractivity contribution in [2.75, 3.05) is 13.7 Å². The minimum atomic E-state index is -0.425. The van der Waals surface area contributed by atoms with Crippen LogP contribution in [-0.4, -0.2) is 19.7 Å². The molecule has 0 aromatic heterocycles. The maximum atomic E-state index is 12.3. The highest BCUT2D eigenvalue weighted by Gasteiger charge is 2.24. The molecular formula is C17H18O3. The number of hydrogen-bond acceptors (Lipinski definition) is 3.